The average Bonchev–Trinajstić information content (AvgIpc) is 2.37. The van der Waals surface area contributed by atoms with Crippen LogP contribution in [0, 0.1) is 5.92 Å². The summed E-state index contributed by atoms with van der Waals surface area (Å²) in [6.45, 7) is 5.81. The number of hydrogen-bond acceptors (Lipinski definition) is 4. The Balaban J connectivity index is 2.02. The number of nitrogens with zero attached hydrogens (tertiary/aromatic N) is 2. The predicted molar refractivity (Wildman–Crippen MR) is 71.9 cm³/mol. The van der Waals surface area contributed by atoms with E-state index in [2.05, 4.69) is 0 Å². The fourth-order valence-corrected chi connectivity index (χ4v) is 4.60. The minimum atomic E-state index is -3.38. The number of piperidine rings is 1. The van der Waals surface area contributed by atoms with E-state index in [-0.39, 0.29) is 24.7 Å². The molecule has 2 rings (SSSR count). The smallest absolute Gasteiger partial charge is 0.282 e. The van der Waals surface area contributed by atoms with Crippen molar-refractivity contribution in [1.29, 1.82) is 0 Å². The molecule has 19 heavy (non-hydrogen) atoms. The number of rotatable bonds is 3. The Kier molecular flexibility index (Phi) is 4.84. The molecule has 0 aliphatic carbocycles. The van der Waals surface area contributed by atoms with Gasteiger partial charge in [-0.25, -0.2) is 0 Å². The van der Waals surface area contributed by atoms with Gasteiger partial charge in [-0.15, -0.1) is 0 Å². The molecular formula is C12H24N2O4S. The number of morpholine rings is 1. The minimum Gasteiger partial charge on any atom is -0.396 e. The lowest BCUT2D eigenvalue weighted by atomic mass is 10.00. The molecule has 0 aromatic heterocycles. The van der Waals surface area contributed by atoms with Gasteiger partial charge >= 0.3 is 0 Å². The Bertz CT molecular complexity index is 383. The van der Waals surface area contributed by atoms with Crippen LogP contribution in [0.3, 0.4) is 0 Å². The third-order valence-corrected chi connectivity index (χ3v) is 5.84. The molecule has 2 fully saturated rings. The Morgan fingerprint density at radius 1 is 1.11 bits per heavy atom. The van der Waals surface area contributed by atoms with E-state index in [4.69, 9.17) is 9.84 Å². The molecule has 0 spiro atoms. The van der Waals surface area contributed by atoms with Crippen LogP contribution in [0.15, 0.2) is 0 Å². The molecule has 2 aliphatic rings. The van der Waals surface area contributed by atoms with Crippen LogP contribution in [0.1, 0.15) is 26.7 Å². The zero-order valence-corrected chi connectivity index (χ0v) is 12.5. The molecule has 0 amide bonds. The van der Waals surface area contributed by atoms with Crippen molar-refractivity contribution in [2.75, 3.05) is 32.8 Å². The van der Waals surface area contributed by atoms with E-state index in [0.29, 0.717) is 26.2 Å². The van der Waals surface area contributed by atoms with Gasteiger partial charge in [-0.1, -0.05) is 0 Å². The maximum atomic E-state index is 12.6. The van der Waals surface area contributed by atoms with Crippen molar-refractivity contribution in [2.45, 2.75) is 38.9 Å². The first kappa shape index (κ1) is 15.2. The lowest BCUT2D eigenvalue weighted by Gasteiger charge is -2.39. The summed E-state index contributed by atoms with van der Waals surface area (Å²) in [7, 11) is -3.38. The van der Waals surface area contributed by atoms with Crippen molar-refractivity contribution < 1.29 is 18.3 Å². The van der Waals surface area contributed by atoms with Gasteiger partial charge in [-0.2, -0.15) is 17.0 Å². The lowest BCUT2D eigenvalue weighted by Crippen LogP contribution is -2.54. The molecule has 0 aromatic rings. The molecule has 0 saturated carbocycles. The quantitative estimate of drug-likeness (QED) is 0.797. The topological polar surface area (TPSA) is 70.1 Å². The van der Waals surface area contributed by atoms with E-state index in [0.717, 1.165) is 12.8 Å². The van der Waals surface area contributed by atoms with E-state index < -0.39 is 10.2 Å². The first-order chi connectivity index (χ1) is 8.93. The second-order valence-electron chi connectivity index (χ2n) is 5.61. The molecule has 0 aromatic carbocycles. The molecule has 7 heteroatoms. The predicted octanol–water partition coefficient (Wildman–Crippen LogP) is 0.0447. The van der Waals surface area contributed by atoms with Gasteiger partial charge in [0.2, 0.25) is 0 Å². The standard InChI is InChI=1S/C12H24N2O4S/c1-10-7-14(8-11(2)18-10)19(16,17)13-5-3-12(9-15)4-6-13/h10-12,15H,3-9H2,1-2H3/t10-,11+. The maximum absolute atomic E-state index is 12.6. The summed E-state index contributed by atoms with van der Waals surface area (Å²) in [6.07, 6.45) is 1.36. The van der Waals surface area contributed by atoms with Crippen LogP contribution >= 0.6 is 0 Å². The maximum Gasteiger partial charge on any atom is 0.282 e. The van der Waals surface area contributed by atoms with E-state index in [9.17, 15) is 8.42 Å². The van der Waals surface area contributed by atoms with E-state index in [1.54, 1.807) is 4.31 Å². The van der Waals surface area contributed by atoms with E-state index in [1.165, 1.54) is 4.31 Å². The van der Waals surface area contributed by atoms with Crippen LogP contribution in [0.5, 0.6) is 0 Å². The number of ether oxygens (including phenoxy) is 1. The largest absolute Gasteiger partial charge is 0.396 e. The van der Waals surface area contributed by atoms with Gasteiger partial charge in [0.15, 0.2) is 0 Å². The Labute approximate surface area is 115 Å². The molecule has 2 atom stereocenters. The molecule has 112 valence electrons. The lowest BCUT2D eigenvalue weighted by molar-refractivity contribution is -0.0457. The zero-order chi connectivity index (χ0) is 14.0. The summed E-state index contributed by atoms with van der Waals surface area (Å²) >= 11 is 0. The van der Waals surface area contributed by atoms with Gasteiger partial charge in [0, 0.05) is 32.8 Å². The highest BCUT2D eigenvalue weighted by molar-refractivity contribution is 7.86. The molecule has 2 aliphatic heterocycles. The normalized spacial score (nSPS) is 32.6. The average molecular weight is 292 g/mol. The SMILES string of the molecule is C[C@@H]1CN(S(=O)(=O)N2CCC(CO)CC2)C[C@H](C)O1. The third-order valence-electron chi connectivity index (χ3n) is 3.87. The third kappa shape index (κ3) is 3.46. The summed E-state index contributed by atoms with van der Waals surface area (Å²) in [5, 5.41) is 9.10. The first-order valence-electron chi connectivity index (χ1n) is 6.95. The van der Waals surface area contributed by atoms with E-state index >= 15 is 0 Å². The monoisotopic (exact) mass is 292 g/mol. The Morgan fingerprint density at radius 2 is 1.63 bits per heavy atom. The second kappa shape index (κ2) is 6.05. The zero-order valence-electron chi connectivity index (χ0n) is 11.7. The summed E-state index contributed by atoms with van der Waals surface area (Å²) in [5.41, 5.74) is 0. The molecule has 2 heterocycles. The van der Waals surface area contributed by atoms with Gasteiger partial charge in [-0.3, -0.25) is 0 Å². The van der Waals surface area contributed by atoms with Gasteiger partial charge in [0.05, 0.1) is 12.2 Å². The van der Waals surface area contributed by atoms with Crippen LogP contribution in [0.4, 0.5) is 0 Å². The first-order valence-corrected chi connectivity index (χ1v) is 8.34. The fourth-order valence-electron chi connectivity index (χ4n) is 2.80. The van der Waals surface area contributed by atoms with Crippen LogP contribution in [0.25, 0.3) is 0 Å². The number of hydrogen-bond donors (Lipinski definition) is 1. The van der Waals surface area contributed by atoms with Gasteiger partial charge in [0.1, 0.15) is 0 Å². The van der Waals surface area contributed by atoms with Crippen molar-refractivity contribution in [1.82, 2.24) is 8.61 Å². The van der Waals surface area contributed by atoms with Gasteiger partial charge < -0.3 is 9.84 Å². The van der Waals surface area contributed by atoms with E-state index in [1.807, 2.05) is 13.8 Å². The molecule has 0 bridgehead atoms. The van der Waals surface area contributed by atoms with Crippen molar-refractivity contribution in [3.05, 3.63) is 0 Å². The molecule has 1 N–H and O–H groups in total. The second-order valence-corrected chi connectivity index (χ2v) is 7.54. The summed E-state index contributed by atoms with van der Waals surface area (Å²) in [5.74, 6) is 0.244. The van der Waals surface area contributed by atoms with Crippen molar-refractivity contribution >= 4 is 10.2 Å². The minimum absolute atomic E-state index is 0.0616. The summed E-state index contributed by atoms with van der Waals surface area (Å²) in [4.78, 5) is 0. The highest BCUT2D eigenvalue weighted by Gasteiger charge is 2.36. The molecular weight excluding hydrogens is 268 g/mol. The van der Waals surface area contributed by atoms with Crippen LogP contribution in [-0.2, 0) is 14.9 Å². The Morgan fingerprint density at radius 3 is 2.11 bits per heavy atom. The molecule has 0 unspecified atom stereocenters. The number of aliphatic hydroxyl groups is 1. The molecule has 6 nitrogen and oxygen atoms in total. The van der Waals surface area contributed by atoms with Crippen LogP contribution in [-0.4, -0.2) is 67.1 Å². The molecule has 0 radical (unpaired) electrons. The summed E-state index contributed by atoms with van der Waals surface area (Å²) in [6, 6.07) is 0. The highest BCUT2D eigenvalue weighted by atomic mass is 32.2. The van der Waals surface area contributed by atoms with Crippen molar-refractivity contribution in [3.8, 4) is 0 Å². The molecule has 2 saturated heterocycles. The van der Waals surface area contributed by atoms with Crippen LogP contribution < -0.4 is 0 Å². The van der Waals surface area contributed by atoms with Gasteiger partial charge in [-0.05, 0) is 32.6 Å². The fraction of sp³-hybridized carbons (Fsp3) is 1.00. The van der Waals surface area contributed by atoms with Crippen molar-refractivity contribution in [3.63, 3.8) is 0 Å². The summed E-state index contributed by atoms with van der Waals surface area (Å²) < 4.78 is 33.8. The van der Waals surface area contributed by atoms with Crippen molar-refractivity contribution in [2.24, 2.45) is 5.92 Å². The van der Waals surface area contributed by atoms with Gasteiger partial charge in [0.25, 0.3) is 10.2 Å². The highest BCUT2D eigenvalue weighted by Crippen LogP contribution is 2.23. The van der Waals surface area contributed by atoms with Crippen LogP contribution in [0.2, 0.25) is 0 Å². The number of aliphatic hydroxyl groups excluding tert-OH is 1. The Hall–Kier alpha value is -0.210.